The molecule has 0 saturated heterocycles. The van der Waals surface area contributed by atoms with Crippen molar-refractivity contribution < 1.29 is 0 Å². The molecular formula is C12H13Cl2N3. The summed E-state index contributed by atoms with van der Waals surface area (Å²) in [7, 11) is 3.77. The summed E-state index contributed by atoms with van der Waals surface area (Å²) < 4.78 is 1.77. The molecule has 0 radical (unpaired) electrons. The summed E-state index contributed by atoms with van der Waals surface area (Å²) in [5, 5.41) is 8.86. The fraction of sp³-hybridized carbons (Fsp3) is 0.250. The van der Waals surface area contributed by atoms with Crippen molar-refractivity contribution in [3.8, 4) is 0 Å². The predicted molar refractivity (Wildman–Crippen MR) is 70.6 cm³/mol. The maximum Gasteiger partial charge on any atom is 0.0839 e. The van der Waals surface area contributed by atoms with Crippen molar-refractivity contribution in [1.29, 1.82) is 0 Å². The lowest BCUT2D eigenvalue weighted by Crippen LogP contribution is -2.18. The first-order chi connectivity index (χ1) is 8.11. The zero-order valence-electron chi connectivity index (χ0n) is 9.61. The molecule has 1 N–H and O–H groups in total. The molecule has 2 aromatic rings. The molecule has 0 aliphatic rings. The first-order valence-electron chi connectivity index (χ1n) is 5.23. The lowest BCUT2D eigenvalue weighted by Gasteiger charge is -2.16. The Hall–Kier alpha value is -1.03. The Morgan fingerprint density at radius 2 is 2.06 bits per heavy atom. The predicted octanol–water partition coefficient (Wildman–Crippen LogP) is 3.04. The minimum atomic E-state index is -0.0269. The summed E-state index contributed by atoms with van der Waals surface area (Å²) in [5.41, 5.74) is 1.90. The van der Waals surface area contributed by atoms with Crippen LogP contribution in [-0.4, -0.2) is 16.8 Å². The van der Waals surface area contributed by atoms with Gasteiger partial charge in [0.1, 0.15) is 0 Å². The minimum absolute atomic E-state index is 0.0269. The number of halogens is 2. The van der Waals surface area contributed by atoms with Gasteiger partial charge in [-0.25, -0.2) is 0 Å². The highest BCUT2D eigenvalue weighted by Gasteiger charge is 2.17. The van der Waals surface area contributed by atoms with Crippen LogP contribution in [0.4, 0.5) is 0 Å². The molecule has 0 spiro atoms. The van der Waals surface area contributed by atoms with Crippen molar-refractivity contribution in [1.82, 2.24) is 15.1 Å². The van der Waals surface area contributed by atoms with Crippen LogP contribution in [0.5, 0.6) is 0 Å². The zero-order valence-corrected chi connectivity index (χ0v) is 11.1. The highest BCUT2D eigenvalue weighted by Crippen LogP contribution is 2.29. The summed E-state index contributed by atoms with van der Waals surface area (Å²) >= 11 is 12.1. The maximum absolute atomic E-state index is 6.20. The molecule has 0 saturated carbocycles. The van der Waals surface area contributed by atoms with Gasteiger partial charge in [0.05, 0.1) is 11.7 Å². The number of aromatic nitrogens is 2. The van der Waals surface area contributed by atoms with Crippen LogP contribution in [0.25, 0.3) is 0 Å². The van der Waals surface area contributed by atoms with E-state index < -0.39 is 0 Å². The highest BCUT2D eigenvalue weighted by atomic mass is 35.5. The molecule has 2 rings (SSSR count). The summed E-state index contributed by atoms with van der Waals surface area (Å²) in [6, 6.07) is 7.43. The lowest BCUT2D eigenvalue weighted by atomic mass is 10.0. The number of hydrogen-bond donors (Lipinski definition) is 1. The zero-order chi connectivity index (χ0) is 12.4. The highest BCUT2D eigenvalue weighted by molar-refractivity contribution is 6.35. The van der Waals surface area contributed by atoms with Crippen LogP contribution < -0.4 is 5.32 Å². The van der Waals surface area contributed by atoms with Crippen LogP contribution in [0, 0.1) is 0 Å². The van der Waals surface area contributed by atoms with E-state index in [2.05, 4.69) is 10.4 Å². The second-order valence-electron chi connectivity index (χ2n) is 3.80. The van der Waals surface area contributed by atoms with Gasteiger partial charge in [0.25, 0.3) is 0 Å². The van der Waals surface area contributed by atoms with E-state index >= 15 is 0 Å². The van der Waals surface area contributed by atoms with Crippen LogP contribution in [0.3, 0.4) is 0 Å². The third-order valence-electron chi connectivity index (χ3n) is 2.59. The maximum atomic E-state index is 6.20. The fourth-order valence-corrected chi connectivity index (χ4v) is 2.30. The molecule has 1 atom stereocenters. The molecule has 17 heavy (non-hydrogen) atoms. The molecule has 0 aliphatic heterocycles. The number of benzene rings is 1. The van der Waals surface area contributed by atoms with E-state index in [1.807, 2.05) is 38.5 Å². The molecule has 0 amide bonds. The first kappa shape index (κ1) is 12.4. The topological polar surface area (TPSA) is 29.9 Å². The summed E-state index contributed by atoms with van der Waals surface area (Å²) in [5.74, 6) is 0. The molecule has 3 nitrogen and oxygen atoms in total. The van der Waals surface area contributed by atoms with Gasteiger partial charge in [-0.1, -0.05) is 29.3 Å². The SMILES string of the molecule is CNC(c1ccn(C)n1)c1ccc(Cl)cc1Cl. The molecule has 0 fully saturated rings. The first-order valence-corrected chi connectivity index (χ1v) is 5.99. The van der Waals surface area contributed by atoms with Gasteiger partial charge in [-0.2, -0.15) is 5.10 Å². The van der Waals surface area contributed by atoms with Crippen LogP contribution in [-0.2, 0) is 7.05 Å². The molecule has 1 aromatic carbocycles. The summed E-state index contributed by atoms with van der Waals surface area (Å²) in [6.45, 7) is 0. The number of nitrogens with zero attached hydrogens (tertiary/aromatic N) is 2. The van der Waals surface area contributed by atoms with E-state index in [0.717, 1.165) is 11.3 Å². The van der Waals surface area contributed by atoms with Crippen molar-refractivity contribution >= 4 is 23.2 Å². The van der Waals surface area contributed by atoms with Crippen LogP contribution >= 0.6 is 23.2 Å². The van der Waals surface area contributed by atoms with Gasteiger partial charge in [-0.3, -0.25) is 4.68 Å². The van der Waals surface area contributed by atoms with Crippen molar-refractivity contribution in [2.75, 3.05) is 7.05 Å². The molecule has 0 bridgehead atoms. The molecule has 1 aromatic heterocycles. The largest absolute Gasteiger partial charge is 0.308 e. The number of rotatable bonds is 3. The molecule has 5 heteroatoms. The van der Waals surface area contributed by atoms with Crippen molar-refractivity contribution in [2.45, 2.75) is 6.04 Å². The van der Waals surface area contributed by atoms with Gasteiger partial charge >= 0.3 is 0 Å². The van der Waals surface area contributed by atoms with E-state index in [9.17, 15) is 0 Å². The second-order valence-corrected chi connectivity index (χ2v) is 4.65. The Morgan fingerprint density at radius 1 is 1.29 bits per heavy atom. The third-order valence-corrected chi connectivity index (χ3v) is 3.15. The van der Waals surface area contributed by atoms with E-state index in [1.165, 1.54) is 0 Å². The van der Waals surface area contributed by atoms with Crippen LogP contribution in [0.15, 0.2) is 30.5 Å². The third kappa shape index (κ3) is 2.63. The van der Waals surface area contributed by atoms with E-state index in [0.29, 0.717) is 10.0 Å². The quantitative estimate of drug-likeness (QED) is 0.929. The number of aryl methyl sites for hydroxylation is 1. The van der Waals surface area contributed by atoms with Gasteiger partial charge in [-0.15, -0.1) is 0 Å². The molecule has 0 aliphatic carbocycles. The monoisotopic (exact) mass is 269 g/mol. The summed E-state index contributed by atoms with van der Waals surface area (Å²) in [4.78, 5) is 0. The number of nitrogens with one attached hydrogen (secondary N) is 1. The summed E-state index contributed by atoms with van der Waals surface area (Å²) in [6.07, 6.45) is 1.91. The fourth-order valence-electron chi connectivity index (χ4n) is 1.79. The van der Waals surface area contributed by atoms with E-state index in [1.54, 1.807) is 10.7 Å². The molecular weight excluding hydrogens is 257 g/mol. The minimum Gasteiger partial charge on any atom is -0.308 e. The van der Waals surface area contributed by atoms with E-state index in [-0.39, 0.29) is 6.04 Å². The van der Waals surface area contributed by atoms with Gasteiger partial charge in [0.15, 0.2) is 0 Å². The van der Waals surface area contributed by atoms with Gasteiger partial charge in [0, 0.05) is 23.3 Å². The van der Waals surface area contributed by atoms with Crippen molar-refractivity contribution in [3.05, 3.63) is 51.8 Å². The Balaban J connectivity index is 2.42. The Bertz CT molecular complexity index is 522. The Kier molecular flexibility index (Phi) is 3.72. The average Bonchev–Trinajstić information content (AvgIpc) is 2.69. The normalized spacial score (nSPS) is 12.7. The lowest BCUT2D eigenvalue weighted by molar-refractivity contribution is 0.642. The Labute approximate surface area is 110 Å². The van der Waals surface area contributed by atoms with Gasteiger partial charge in [0.2, 0.25) is 0 Å². The molecule has 1 unspecified atom stereocenters. The van der Waals surface area contributed by atoms with Crippen molar-refractivity contribution in [3.63, 3.8) is 0 Å². The van der Waals surface area contributed by atoms with E-state index in [4.69, 9.17) is 23.2 Å². The van der Waals surface area contributed by atoms with Gasteiger partial charge in [-0.05, 0) is 30.8 Å². The average molecular weight is 270 g/mol. The molecule has 90 valence electrons. The van der Waals surface area contributed by atoms with Crippen LogP contribution in [0.2, 0.25) is 10.0 Å². The smallest absolute Gasteiger partial charge is 0.0839 e. The standard InChI is InChI=1S/C12H13Cl2N3/c1-15-12(11-5-6-17(2)16-11)9-4-3-8(13)7-10(9)14/h3-7,12,15H,1-2H3. The van der Waals surface area contributed by atoms with Gasteiger partial charge < -0.3 is 5.32 Å². The van der Waals surface area contributed by atoms with Crippen LogP contribution in [0.1, 0.15) is 17.3 Å². The second kappa shape index (κ2) is 5.08. The Morgan fingerprint density at radius 3 is 2.59 bits per heavy atom. The number of hydrogen-bond acceptors (Lipinski definition) is 2. The molecule has 1 heterocycles. The van der Waals surface area contributed by atoms with Crippen molar-refractivity contribution in [2.24, 2.45) is 7.05 Å².